The molecule has 1 fully saturated rings. The number of benzene rings is 1. The van der Waals surface area contributed by atoms with Gasteiger partial charge < -0.3 is 5.32 Å². The minimum absolute atomic E-state index is 0.139. The van der Waals surface area contributed by atoms with Crippen LogP contribution in [0.3, 0.4) is 0 Å². The average Bonchev–Trinajstić information content (AvgIpc) is 2.46. The second-order valence-electron chi connectivity index (χ2n) is 5.50. The number of hydrogen-bond donors (Lipinski definition) is 1. The molecule has 0 unspecified atom stereocenters. The van der Waals surface area contributed by atoms with E-state index in [0.29, 0.717) is 12.1 Å². The van der Waals surface area contributed by atoms with Crippen molar-refractivity contribution in [2.75, 3.05) is 11.9 Å². The van der Waals surface area contributed by atoms with Crippen LogP contribution in [0.25, 0.3) is 0 Å². The molecule has 1 aromatic rings. The molecule has 1 saturated carbocycles. The first kappa shape index (κ1) is 15.8. The maximum absolute atomic E-state index is 13.0. The lowest BCUT2D eigenvalue weighted by Gasteiger charge is -2.35. The normalized spacial score (nSPS) is 17.8. The Morgan fingerprint density at radius 1 is 1.35 bits per heavy atom. The SMILES string of the molecule is O=C(NCC1(CBr)CCCCC1)c1ccc(F)cc1Cl. The zero-order valence-electron chi connectivity index (χ0n) is 11.2. The molecule has 5 heteroatoms. The highest BCUT2D eigenvalue weighted by molar-refractivity contribution is 9.09. The van der Waals surface area contributed by atoms with Gasteiger partial charge in [-0.1, -0.05) is 46.8 Å². The molecular weight excluding hydrogens is 345 g/mol. The van der Waals surface area contributed by atoms with Crippen molar-refractivity contribution >= 4 is 33.4 Å². The van der Waals surface area contributed by atoms with Gasteiger partial charge in [0.25, 0.3) is 5.91 Å². The molecular formula is C15H18BrClFNO. The van der Waals surface area contributed by atoms with Crippen LogP contribution in [-0.4, -0.2) is 17.8 Å². The summed E-state index contributed by atoms with van der Waals surface area (Å²) in [6.07, 6.45) is 5.93. The molecule has 2 rings (SSSR count). The van der Waals surface area contributed by atoms with Crippen molar-refractivity contribution in [1.82, 2.24) is 5.32 Å². The number of carbonyl (C=O) groups excluding carboxylic acids is 1. The largest absolute Gasteiger partial charge is 0.351 e. The van der Waals surface area contributed by atoms with E-state index in [1.807, 2.05) is 0 Å². The van der Waals surface area contributed by atoms with E-state index in [1.54, 1.807) is 0 Å². The Labute approximate surface area is 132 Å². The van der Waals surface area contributed by atoms with Gasteiger partial charge in [-0.25, -0.2) is 4.39 Å². The lowest BCUT2D eigenvalue weighted by Crippen LogP contribution is -2.40. The summed E-state index contributed by atoms with van der Waals surface area (Å²) in [5, 5.41) is 3.98. The molecule has 0 bridgehead atoms. The third kappa shape index (κ3) is 3.73. The Kier molecular flexibility index (Phi) is 5.44. The van der Waals surface area contributed by atoms with Crippen LogP contribution >= 0.6 is 27.5 Å². The summed E-state index contributed by atoms with van der Waals surface area (Å²) in [7, 11) is 0. The molecule has 1 N–H and O–H groups in total. The van der Waals surface area contributed by atoms with Crippen molar-refractivity contribution in [1.29, 1.82) is 0 Å². The zero-order chi connectivity index (χ0) is 14.6. The van der Waals surface area contributed by atoms with E-state index < -0.39 is 5.82 Å². The first-order chi connectivity index (χ1) is 9.56. The summed E-state index contributed by atoms with van der Waals surface area (Å²) >= 11 is 9.48. The van der Waals surface area contributed by atoms with Crippen LogP contribution in [0.5, 0.6) is 0 Å². The van der Waals surface area contributed by atoms with E-state index >= 15 is 0 Å². The van der Waals surface area contributed by atoms with Crippen LogP contribution in [0.2, 0.25) is 5.02 Å². The van der Waals surface area contributed by atoms with Gasteiger partial charge in [0.15, 0.2) is 0 Å². The van der Waals surface area contributed by atoms with Crippen LogP contribution in [0, 0.1) is 11.2 Å². The van der Waals surface area contributed by atoms with E-state index in [-0.39, 0.29) is 16.3 Å². The molecule has 0 spiro atoms. The summed E-state index contributed by atoms with van der Waals surface area (Å²) < 4.78 is 13.0. The second kappa shape index (κ2) is 6.90. The maximum Gasteiger partial charge on any atom is 0.252 e. The van der Waals surface area contributed by atoms with E-state index in [2.05, 4.69) is 21.2 Å². The highest BCUT2D eigenvalue weighted by Crippen LogP contribution is 2.37. The minimum Gasteiger partial charge on any atom is -0.351 e. The summed E-state index contributed by atoms with van der Waals surface area (Å²) in [6.45, 7) is 0.630. The number of rotatable bonds is 4. The van der Waals surface area contributed by atoms with Crippen LogP contribution in [0.1, 0.15) is 42.5 Å². The van der Waals surface area contributed by atoms with Crippen molar-refractivity contribution in [3.63, 3.8) is 0 Å². The molecule has 0 atom stereocenters. The Morgan fingerprint density at radius 2 is 2.05 bits per heavy atom. The Bertz CT molecular complexity index is 489. The van der Waals surface area contributed by atoms with E-state index in [4.69, 9.17) is 11.6 Å². The molecule has 20 heavy (non-hydrogen) atoms. The van der Waals surface area contributed by atoms with E-state index in [0.717, 1.165) is 24.2 Å². The van der Waals surface area contributed by atoms with Crippen molar-refractivity contribution in [3.8, 4) is 0 Å². The van der Waals surface area contributed by atoms with E-state index in [1.165, 1.54) is 31.4 Å². The third-order valence-corrected chi connectivity index (χ3v) is 5.50. The van der Waals surface area contributed by atoms with Crippen molar-refractivity contribution in [2.45, 2.75) is 32.1 Å². The van der Waals surface area contributed by atoms with Crippen molar-refractivity contribution < 1.29 is 9.18 Å². The van der Waals surface area contributed by atoms with Gasteiger partial charge >= 0.3 is 0 Å². The molecule has 0 aromatic heterocycles. The topological polar surface area (TPSA) is 29.1 Å². The van der Waals surface area contributed by atoms with Gasteiger partial charge in [-0.15, -0.1) is 0 Å². The van der Waals surface area contributed by atoms with Crippen molar-refractivity contribution in [3.05, 3.63) is 34.6 Å². The predicted octanol–water partition coefficient (Wildman–Crippen LogP) is 4.55. The smallest absolute Gasteiger partial charge is 0.252 e. The fraction of sp³-hybridized carbons (Fsp3) is 0.533. The number of hydrogen-bond acceptors (Lipinski definition) is 1. The average molecular weight is 363 g/mol. The van der Waals surface area contributed by atoms with Gasteiger partial charge in [0.1, 0.15) is 5.82 Å². The van der Waals surface area contributed by atoms with Gasteiger partial charge in [0, 0.05) is 11.9 Å². The second-order valence-corrected chi connectivity index (χ2v) is 6.47. The van der Waals surface area contributed by atoms with Crippen LogP contribution in [0.15, 0.2) is 18.2 Å². The number of amides is 1. The van der Waals surface area contributed by atoms with Crippen molar-refractivity contribution in [2.24, 2.45) is 5.41 Å². The number of carbonyl (C=O) groups is 1. The number of nitrogens with one attached hydrogen (secondary N) is 1. The lowest BCUT2D eigenvalue weighted by molar-refractivity contribution is 0.0922. The van der Waals surface area contributed by atoms with Crippen LogP contribution < -0.4 is 5.32 Å². The van der Waals surface area contributed by atoms with Crippen LogP contribution in [0.4, 0.5) is 4.39 Å². The van der Waals surface area contributed by atoms with Gasteiger partial charge in [-0.05, 0) is 36.5 Å². The standard InChI is InChI=1S/C15H18BrClFNO/c16-9-15(6-2-1-3-7-15)10-19-14(20)12-5-4-11(18)8-13(12)17/h4-5,8H,1-3,6-7,9-10H2,(H,19,20). The van der Waals surface area contributed by atoms with E-state index in [9.17, 15) is 9.18 Å². The Hall–Kier alpha value is -0.610. The van der Waals surface area contributed by atoms with Gasteiger partial charge in [0.05, 0.1) is 10.6 Å². The molecule has 110 valence electrons. The molecule has 0 aliphatic heterocycles. The lowest BCUT2D eigenvalue weighted by atomic mass is 9.75. The van der Waals surface area contributed by atoms with Gasteiger partial charge in [0.2, 0.25) is 0 Å². The monoisotopic (exact) mass is 361 g/mol. The molecule has 0 radical (unpaired) electrons. The quantitative estimate of drug-likeness (QED) is 0.782. The Morgan fingerprint density at radius 3 is 2.65 bits per heavy atom. The number of alkyl halides is 1. The Balaban J connectivity index is 2.00. The first-order valence-electron chi connectivity index (χ1n) is 6.86. The summed E-state index contributed by atoms with van der Waals surface area (Å²) in [6, 6.07) is 3.84. The van der Waals surface area contributed by atoms with Gasteiger partial charge in [-0.2, -0.15) is 0 Å². The fourth-order valence-corrected chi connectivity index (χ4v) is 3.71. The molecule has 1 amide bonds. The molecule has 0 saturated heterocycles. The molecule has 1 aliphatic rings. The third-order valence-electron chi connectivity index (χ3n) is 4.00. The molecule has 1 aromatic carbocycles. The number of halogens is 3. The zero-order valence-corrected chi connectivity index (χ0v) is 13.6. The maximum atomic E-state index is 13.0. The highest BCUT2D eigenvalue weighted by Gasteiger charge is 2.31. The molecule has 1 aliphatic carbocycles. The fourth-order valence-electron chi connectivity index (χ4n) is 2.70. The molecule has 0 heterocycles. The summed E-state index contributed by atoms with van der Waals surface area (Å²) in [4.78, 5) is 12.1. The first-order valence-corrected chi connectivity index (χ1v) is 8.35. The predicted molar refractivity (Wildman–Crippen MR) is 83.1 cm³/mol. The van der Waals surface area contributed by atoms with Crippen LogP contribution in [-0.2, 0) is 0 Å². The summed E-state index contributed by atoms with van der Waals surface area (Å²) in [5.41, 5.74) is 0.467. The van der Waals surface area contributed by atoms with Gasteiger partial charge in [-0.3, -0.25) is 4.79 Å². The summed E-state index contributed by atoms with van der Waals surface area (Å²) in [5.74, 6) is -0.670. The minimum atomic E-state index is -0.434. The highest BCUT2D eigenvalue weighted by atomic mass is 79.9. The molecule has 2 nitrogen and oxygen atoms in total.